The quantitative estimate of drug-likeness (QED) is 0.534. The molecule has 0 rings (SSSR count). The molecule has 0 saturated carbocycles. The Hall–Kier alpha value is -1.63. The lowest BCUT2D eigenvalue weighted by atomic mass is 10.1. The number of amides is 2. The summed E-state index contributed by atoms with van der Waals surface area (Å²) < 4.78 is 0. The molecule has 4 N–H and O–H groups in total. The van der Waals surface area contributed by atoms with E-state index >= 15 is 0 Å². The predicted octanol–water partition coefficient (Wildman–Crippen LogP) is -1.37. The maximum Gasteiger partial charge on any atom is 0.305 e. The molecule has 0 aliphatic carbocycles. The fraction of sp³-hybridized carbons (Fsp3) is 0.700. The van der Waals surface area contributed by atoms with Gasteiger partial charge in [-0.15, -0.1) is 0 Å². The molecule has 7 nitrogen and oxygen atoms in total. The van der Waals surface area contributed by atoms with Gasteiger partial charge in [-0.1, -0.05) is 6.92 Å². The summed E-state index contributed by atoms with van der Waals surface area (Å²) in [6, 6.07) is -1.07. The number of hydrogen-bond acceptors (Lipinski definition) is 4. The lowest BCUT2D eigenvalue weighted by molar-refractivity contribution is -0.142. The van der Waals surface area contributed by atoms with E-state index in [0.29, 0.717) is 0 Å². The first kappa shape index (κ1) is 15.4. The van der Waals surface area contributed by atoms with Crippen LogP contribution in [-0.2, 0) is 14.4 Å². The average Bonchev–Trinajstić information content (AvgIpc) is 2.25. The number of nitrogens with zero attached hydrogens (tertiary/aromatic N) is 1. The first-order valence-corrected chi connectivity index (χ1v) is 5.23. The van der Waals surface area contributed by atoms with E-state index in [9.17, 15) is 14.4 Å². The fourth-order valence-electron chi connectivity index (χ4n) is 1.39. The minimum Gasteiger partial charge on any atom is -0.481 e. The van der Waals surface area contributed by atoms with Crippen LogP contribution in [0.15, 0.2) is 0 Å². The Bertz CT molecular complexity index is 306. The number of carbonyl (C=O) groups is 3. The average molecular weight is 245 g/mol. The molecule has 17 heavy (non-hydrogen) atoms. The van der Waals surface area contributed by atoms with Gasteiger partial charge in [-0.3, -0.25) is 14.4 Å². The van der Waals surface area contributed by atoms with Gasteiger partial charge < -0.3 is 21.1 Å². The molecule has 2 atom stereocenters. The van der Waals surface area contributed by atoms with Gasteiger partial charge in [0.25, 0.3) is 0 Å². The molecule has 7 heteroatoms. The van der Waals surface area contributed by atoms with E-state index in [1.807, 2.05) is 0 Å². The third kappa shape index (κ3) is 5.30. The zero-order valence-electron chi connectivity index (χ0n) is 10.3. The molecule has 0 aromatic carbocycles. The third-order valence-electron chi connectivity index (χ3n) is 2.33. The summed E-state index contributed by atoms with van der Waals surface area (Å²) in [6.45, 7) is 1.87. The topological polar surface area (TPSA) is 113 Å². The Morgan fingerprint density at radius 2 is 1.94 bits per heavy atom. The third-order valence-corrected chi connectivity index (χ3v) is 2.33. The van der Waals surface area contributed by atoms with Crippen LogP contribution in [0.25, 0.3) is 0 Å². The van der Waals surface area contributed by atoms with E-state index in [4.69, 9.17) is 10.8 Å². The molecule has 2 amide bonds. The highest BCUT2D eigenvalue weighted by atomic mass is 16.4. The van der Waals surface area contributed by atoms with E-state index < -0.39 is 24.3 Å². The van der Waals surface area contributed by atoms with Crippen molar-refractivity contribution in [2.24, 2.45) is 11.7 Å². The molecule has 0 aromatic rings. The molecular formula is C10H19N3O4. The SMILES string of the molecule is CNC(=O)C(C)CN(C)C(=O)C(N)CC(=O)O. The molecule has 0 radical (unpaired) electrons. The molecule has 0 bridgehead atoms. The van der Waals surface area contributed by atoms with Crippen LogP contribution in [-0.4, -0.2) is 54.5 Å². The van der Waals surface area contributed by atoms with Gasteiger partial charge in [0, 0.05) is 20.6 Å². The van der Waals surface area contributed by atoms with E-state index in [2.05, 4.69) is 5.32 Å². The summed E-state index contributed by atoms with van der Waals surface area (Å²) in [4.78, 5) is 34.5. The number of aliphatic carboxylic acids is 1. The lowest BCUT2D eigenvalue weighted by Gasteiger charge is -2.23. The molecule has 0 heterocycles. The maximum absolute atomic E-state index is 11.6. The summed E-state index contributed by atoms with van der Waals surface area (Å²) in [7, 11) is 3.00. The van der Waals surface area contributed by atoms with Crippen LogP contribution in [0.2, 0.25) is 0 Å². The van der Waals surface area contributed by atoms with E-state index in [1.54, 1.807) is 6.92 Å². The van der Waals surface area contributed by atoms with Crippen molar-refractivity contribution in [3.05, 3.63) is 0 Å². The van der Waals surface area contributed by atoms with Gasteiger partial charge in [-0.2, -0.15) is 0 Å². The van der Waals surface area contributed by atoms with Crippen molar-refractivity contribution in [2.75, 3.05) is 20.6 Å². The van der Waals surface area contributed by atoms with Crippen LogP contribution >= 0.6 is 0 Å². The number of nitrogens with two attached hydrogens (primary N) is 1. The van der Waals surface area contributed by atoms with Crippen molar-refractivity contribution in [3.8, 4) is 0 Å². The molecule has 0 aliphatic heterocycles. The lowest BCUT2D eigenvalue weighted by Crippen LogP contribution is -2.46. The number of hydrogen-bond donors (Lipinski definition) is 3. The normalized spacial score (nSPS) is 13.6. The molecule has 0 spiro atoms. The number of nitrogens with one attached hydrogen (secondary N) is 1. The van der Waals surface area contributed by atoms with Crippen molar-refractivity contribution in [1.82, 2.24) is 10.2 Å². The second-order valence-corrected chi connectivity index (χ2v) is 3.94. The molecule has 0 aromatic heterocycles. The van der Waals surface area contributed by atoms with Crippen LogP contribution in [0.5, 0.6) is 0 Å². The van der Waals surface area contributed by atoms with E-state index in [-0.39, 0.29) is 18.4 Å². The Morgan fingerprint density at radius 1 is 1.41 bits per heavy atom. The summed E-state index contributed by atoms with van der Waals surface area (Å²) in [5.41, 5.74) is 5.43. The first-order chi connectivity index (χ1) is 7.79. The van der Waals surface area contributed by atoms with Gasteiger partial charge in [0.15, 0.2) is 0 Å². The second-order valence-electron chi connectivity index (χ2n) is 3.94. The summed E-state index contributed by atoms with van der Waals surface area (Å²) in [6.07, 6.45) is -0.419. The Morgan fingerprint density at radius 3 is 2.35 bits per heavy atom. The van der Waals surface area contributed by atoms with Gasteiger partial charge in [0.05, 0.1) is 18.4 Å². The van der Waals surface area contributed by atoms with Crippen molar-refractivity contribution >= 4 is 17.8 Å². The minimum atomic E-state index is -1.13. The molecule has 0 aliphatic rings. The monoisotopic (exact) mass is 245 g/mol. The van der Waals surface area contributed by atoms with Crippen molar-refractivity contribution < 1.29 is 19.5 Å². The van der Waals surface area contributed by atoms with Gasteiger partial charge in [0.2, 0.25) is 11.8 Å². The highest BCUT2D eigenvalue weighted by Gasteiger charge is 2.23. The molecule has 0 fully saturated rings. The predicted molar refractivity (Wildman–Crippen MR) is 61.1 cm³/mol. The minimum absolute atomic E-state index is 0.184. The summed E-state index contributed by atoms with van der Waals surface area (Å²) in [5, 5.41) is 11.0. The standard InChI is InChI=1S/C10H19N3O4/c1-6(9(16)12-2)5-13(3)10(17)7(11)4-8(14)15/h6-7H,4-5,11H2,1-3H3,(H,12,16)(H,14,15). The number of rotatable bonds is 6. The van der Waals surface area contributed by atoms with Crippen LogP contribution in [0.1, 0.15) is 13.3 Å². The highest BCUT2D eigenvalue weighted by molar-refractivity contribution is 5.86. The highest BCUT2D eigenvalue weighted by Crippen LogP contribution is 2.01. The molecule has 2 unspecified atom stereocenters. The van der Waals surface area contributed by atoms with Gasteiger partial charge in [-0.25, -0.2) is 0 Å². The van der Waals surface area contributed by atoms with Gasteiger partial charge >= 0.3 is 5.97 Å². The van der Waals surface area contributed by atoms with E-state index in [1.165, 1.54) is 19.0 Å². The number of carboxylic acid groups (broad SMARTS) is 1. The number of carboxylic acids is 1. The Kier molecular flexibility index (Phi) is 6.19. The smallest absolute Gasteiger partial charge is 0.305 e. The van der Waals surface area contributed by atoms with Gasteiger partial charge in [-0.05, 0) is 0 Å². The van der Waals surface area contributed by atoms with Crippen molar-refractivity contribution in [1.29, 1.82) is 0 Å². The maximum atomic E-state index is 11.6. The zero-order valence-corrected chi connectivity index (χ0v) is 10.3. The van der Waals surface area contributed by atoms with Crippen LogP contribution < -0.4 is 11.1 Å². The fourth-order valence-corrected chi connectivity index (χ4v) is 1.39. The van der Waals surface area contributed by atoms with Crippen molar-refractivity contribution in [2.45, 2.75) is 19.4 Å². The van der Waals surface area contributed by atoms with Crippen LogP contribution in [0.3, 0.4) is 0 Å². The van der Waals surface area contributed by atoms with Gasteiger partial charge in [0.1, 0.15) is 0 Å². The van der Waals surface area contributed by atoms with Crippen molar-refractivity contribution in [3.63, 3.8) is 0 Å². The largest absolute Gasteiger partial charge is 0.481 e. The first-order valence-electron chi connectivity index (χ1n) is 5.23. The Balaban J connectivity index is 4.31. The van der Waals surface area contributed by atoms with E-state index in [0.717, 1.165) is 0 Å². The van der Waals surface area contributed by atoms with Crippen LogP contribution in [0.4, 0.5) is 0 Å². The zero-order chi connectivity index (χ0) is 13.6. The number of likely N-dealkylation sites (N-methyl/N-ethyl adjacent to an activating group) is 1. The number of carbonyl (C=O) groups excluding carboxylic acids is 2. The second kappa shape index (κ2) is 6.85. The molecule has 98 valence electrons. The molecule has 0 saturated heterocycles. The molecular weight excluding hydrogens is 226 g/mol. The summed E-state index contributed by atoms with van der Waals surface area (Å²) in [5.74, 6) is -2.16. The Labute approximate surface area is 100.0 Å². The summed E-state index contributed by atoms with van der Waals surface area (Å²) >= 11 is 0. The van der Waals surface area contributed by atoms with Crippen LogP contribution in [0, 0.1) is 5.92 Å².